The quantitative estimate of drug-likeness (QED) is 0.0250. The zero-order valence-corrected chi connectivity index (χ0v) is 36.0. The molecule has 0 saturated heterocycles. The Morgan fingerprint density at radius 3 is 1.67 bits per heavy atom. The predicted molar refractivity (Wildman–Crippen MR) is 236 cm³/mol. The maximum Gasteiger partial charge on any atom is 0.306 e. The monoisotopic (exact) mass is 770 g/mol. The first-order chi connectivity index (χ1) is 27.0. The van der Waals surface area contributed by atoms with Crippen molar-refractivity contribution in [2.75, 3.05) is 6.61 Å². The first-order valence-corrected chi connectivity index (χ1v) is 23.0. The van der Waals surface area contributed by atoms with Crippen molar-refractivity contribution in [3.63, 3.8) is 0 Å². The van der Waals surface area contributed by atoms with Gasteiger partial charge in [-0.15, -0.1) is 0 Å². The molecule has 0 fully saturated rings. The highest BCUT2D eigenvalue weighted by Gasteiger charge is 2.24. The molecule has 0 aliphatic rings. The molecular formula is C49H87NO5. The number of carbonyl (C=O) groups is 2. The van der Waals surface area contributed by atoms with E-state index in [-0.39, 0.29) is 24.9 Å². The fraction of sp³-hybridized carbons (Fsp3) is 0.755. The zero-order chi connectivity index (χ0) is 40.3. The van der Waals surface area contributed by atoms with Gasteiger partial charge in [-0.05, 0) is 70.6 Å². The molecule has 6 heteroatoms. The van der Waals surface area contributed by atoms with Crippen LogP contribution in [0.2, 0.25) is 0 Å². The molecule has 0 spiro atoms. The second kappa shape index (κ2) is 42.7. The largest absolute Gasteiger partial charge is 0.462 e. The minimum atomic E-state index is -0.792. The van der Waals surface area contributed by atoms with Gasteiger partial charge in [-0.3, -0.25) is 9.59 Å². The topological polar surface area (TPSA) is 95.9 Å². The van der Waals surface area contributed by atoms with Crippen molar-refractivity contribution >= 4 is 11.9 Å². The minimum Gasteiger partial charge on any atom is -0.462 e. The standard InChI is InChI=1S/C49H87NO5/c1-4-7-10-13-16-19-21-23-24-25-27-30-33-36-39-42-49(54)55-45(40-37-34-31-29-26-22-20-17-14-11-8-5-2)43-48(53)50-46(44-51)47(52)41-38-35-32-28-18-15-12-9-6-3/h7-8,10-11,13,16-17,19-21,45-47,51-52H,4-6,9,12,14-15,18,22-44H2,1-3H3,(H,50,53)/b10-7+,11-8+,16-13+,20-17+,21-19+. The first kappa shape index (κ1) is 52.6. The van der Waals surface area contributed by atoms with Crippen molar-refractivity contribution in [2.24, 2.45) is 0 Å². The van der Waals surface area contributed by atoms with Gasteiger partial charge in [0.1, 0.15) is 6.10 Å². The van der Waals surface area contributed by atoms with Gasteiger partial charge in [-0.25, -0.2) is 0 Å². The summed E-state index contributed by atoms with van der Waals surface area (Å²) in [7, 11) is 0. The van der Waals surface area contributed by atoms with E-state index < -0.39 is 18.2 Å². The van der Waals surface area contributed by atoms with E-state index in [0.29, 0.717) is 19.3 Å². The molecule has 0 aliphatic heterocycles. The lowest BCUT2D eigenvalue weighted by Crippen LogP contribution is -2.46. The van der Waals surface area contributed by atoms with Crippen LogP contribution in [0.1, 0.15) is 213 Å². The molecule has 6 nitrogen and oxygen atoms in total. The number of aliphatic hydroxyl groups excluding tert-OH is 2. The van der Waals surface area contributed by atoms with Crippen molar-refractivity contribution in [1.82, 2.24) is 5.32 Å². The highest BCUT2D eigenvalue weighted by Crippen LogP contribution is 2.17. The van der Waals surface area contributed by atoms with E-state index in [1.165, 1.54) is 77.0 Å². The Hall–Kier alpha value is -2.44. The smallest absolute Gasteiger partial charge is 0.306 e. The third kappa shape index (κ3) is 38.2. The molecule has 0 saturated carbocycles. The third-order valence-corrected chi connectivity index (χ3v) is 10.2. The maximum absolute atomic E-state index is 13.1. The van der Waals surface area contributed by atoms with Crippen LogP contribution in [-0.2, 0) is 14.3 Å². The molecule has 0 aromatic heterocycles. The van der Waals surface area contributed by atoms with Gasteiger partial charge >= 0.3 is 5.97 Å². The van der Waals surface area contributed by atoms with Gasteiger partial charge in [0.2, 0.25) is 5.91 Å². The molecule has 0 heterocycles. The molecule has 0 aromatic carbocycles. The van der Waals surface area contributed by atoms with Crippen LogP contribution in [0.3, 0.4) is 0 Å². The number of hydrogen-bond acceptors (Lipinski definition) is 5. The molecule has 318 valence electrons. The molecule has 55 heavy (non-hydrogen) atoms. The lowest BCUT2D eigenvalue weighted by Gasteiger charge is -2.24. The van der Waals surface area contributed by atoms with E-state index in [1.54, 1.807) is 0 Å². The van der Waals surface area contributed by atoms with Crippen LogP contribution in [0, 0.1) is 0 Å². The van der Waals surface area contributed by atoms with E-state index in [4.69, 9.17) is 4.74 Å². The summed E-state index contributed by atoms with van der Waals surface area (Å²) in [6.45, 7) is 6.21. The molecule has 0 rings (SSSR count). The molecule has 0 radical (unpaired) electrons. The van der Waals surface area contributed by atoms with Gasteiger partial charge in [0, 0.05) is 6.42 Å². The van der Waals surface area contributed by atoms with Crippen LogP contribution in [0.5, 0.6) is 0 Å². The van der Waals surface area contributed by atoms with E-state index in [0.717, 1.165) is 89.9 Å². The molecular weight excluding hydrogens is 683 g/mol. The average molecular weight is 770 g/mol. The van der Waals surface area contributed by atoms with Crippen molar-refractivity contribution in [1.29, 1.82) is 0 Å². The number of unbranched alkanes of at least 4 members (excludes halogenated alkanes) is 20. The number of ether oxygens (including phenoxy) is 1. The Kier molecular flexibility index (Phi) is 40.8. The van der Waals surface area contributed by atoms with Gasteiger partial charge in [0.15, 0.2) is 0 Å². The van der Waals surface area contributed by atoms with Gasteiger partial charge < -0.3 is 20.3 Å². The molecule has 3 N–H and O–H groups in total. The number of allylic oxidation sites excluding steroid dienone is 10. The maximum atomic E-state index is 13.1. The number of nitrogens with one attached hydrogen (secondary N) is 1. The van der Waals surface area contributed by atoms with Gasteiger partial charge in [0.25, 0.3) is 0 Å². The fourth-order valence-corrected chi connectivity index (χ4v) is 6.70. The molecule has 0 aromatic rings. The number of carbonyl (C=O) groups excluding carboxylic acids is 2. The summed E-state index contributed by atoms with van der Waals surface area (Å²) in [6.07, 6.45) is 51.4. The Balaban J connectivity index is 4.62. The van der Waals surface area contributed by atoms with Gasteiger partial charge in [-0.2, -0.15) is 0 Å². The van der Waals surface area contributed by atoms with Crippen molar-refractivity contribution in [3.05, 3.63) is 60.8 Å². The highest BCUT2D eigenvalue weighted by molar-refractivity contribution is 5.77. The van der Waals surface area contributed by atoms with E-state index in [2.05, 4.69) is 86.8 Å². The first-order valence-electron chi connectivity index (χ1n) is 23.0. The summed E-state index contributed by atoms with van der Waals surface area (Å²) in [5.74, 6) is -0.506. The van der Waals surface area contributed by atoms with Crippen LogP contribution in [0.15, 0.2) is 60.8 Å². The third-order valence-electron chi connectivity index (χ3n) is 10.2. The van der Waals surface area contributed by atoms with Gasteiger partial charge in [-0.1, -0.05) is 191 Å². The Morgan fingerprint density at radius 2 is 1.07 bits per heavy atom. The van der Waals surface area contributed by atoms with E-state index in [9.17, 15) is 19.8 Å². The van der Waals surface area contributed by atoms with E-state index in [1.807, 2.05) is 0 Å². The second-order valence-electron chi connectivity index (χ2n) is 15.5. The van der Waals surface area contributed by atoms with Crippen molar-refractivity contribution < 1.29 is 24.5 Å². The summed E-state index contributed by atoms with van der Waals surface area (Å²) >= 11 is 0. The zero-order valence-electron chi connectivity index (χ0n) is 36.0. The number of aliphatic hydroxyl groups is 2. The molecule has 3 atom stereocenters. The Morgan fingerprint density at radius 1 is 0.564 bits per heavy atom. The Labute approximate surface area is 339 Å². The number of rotatable bonds is 40. The normalized spacial score (nSPS) is 13.9. The summed E-state index contributed by atoms with van der Waals surface area (Å²) < 4.78 is 5.89. The molecule has 1 amide bonds. The number of amides is 1. The second-order valence-corrected chi connectivity index (χ2v) is 15.5. The molecule has 3 unspecified atom stereocenters. The van der Waals surface area contributed by atoms with Crippen molar-refractivity contribution in [2.45, 2.75) is 232 Å². The number of hydrogen-bond donors (Lipinski definition) is 3. The minimum absolute atomic E-state index is 0.0612. The SMILES string of the molecule is CC/C=C/C=C/C=C/CCCCCCCCCC(=O)OC(CCCCCCC/C=C/C/C=C/CC)CC(=O)NC(CO)C(O)CCCCCCCCCCC. The summed E-state index contributed by atoms with van der Waals surface area (Å²) in [5.41, 5.74) is 0. The predicted octanol–water partition coefficient (Wildman–Crippen LogP) is 13.3. The Bertz CT molecular complexity index is 999. The van der Waals surface area contributed by atoms with Crippen LogP contribution in [-0.4, -0.2) is 46.9 Å². The fourth-order valence-electron chi connectivity index (χ4n) is 6.70. The van der Waals surface area contributed by atoms with E-state index >= 15 is 0 Å². The van der Waals surface area contributed by atoms with Crippen LogP contribution < -0.4 is 5.32 Å². The number of esters is 1. The molecule has 0 aliphatic carbocycles. The van der Waals surface area contributed by atoms with Crippen molar-refractivity contribution in [3.8, 4) is 0 Å². The van der Waals surface area contributed by atoms with Gasteiger partial charge in [0.05, 0.1) is 25.2 Å². The summed E-state index contributed by atoms with van der Waals surface area (Å²) in [5, 5.41) is 23.6. The molecule has 0 bridgehead atoms. The van der Waals surface area contributed by atoms with Crippen LogP contribution in [0.25, 0.3) is 0 Å². The average Bonchev–Trinajstić information content (AvgIpc) is 3.18. The van der Waals surface area contributed by atoms with Crippen LogP contribution >= 0.6 is 0 Å². The van der Waals surface area contributed by atoms with Crippen LogP contribution in [0.4, 0.5) is 0 Å². The summed E-state index contributed by atoms with van der Waals surface area (Å²) in [4.78, 5) is 26.0. The lowest BCUT2D eigenvalue weighted by molar-refractivity contribution is -0.151. The summed E-state index contributed by atoms with van der Waals surface area (Å²) in [6, 6.07) is -0.707. The lowest BCUT2D eigenvalue weighted by atomic mass is 10.0. The highest BCUT2D eigenvalue weighted by atomic mass is 16.5.